The van der Waals surface area contributed by atoms with Crippen LogP contribution in [0.3, 0.4) is 0 Å². The Morgan fingerprint density at radius 1 is 0.767 bits per heavy atom. The van der Waals surface area contributed by atoms with Crippen molar-refractivity contribution in [3.63, 3.8) is 0 Å². The second-order valence-corrected chi connectivity index (χ2v) is 7.53. The van der Waals surface area contributed by atoms with Crippen molar-refractivity contribution in [1.29, 1.82) is 0 Å². The summed E-state index contributed by atoms with van der Waals surface area (Å²) >= 11 is 0. The van der Waals surface area contributed by atoms with E-state index in [0.717, 1.165) is 16.8 Å². The van der Waals surface area contributed by atoms with Crippen molar-refractivity contribution in [2.24, 2.45) is 16.1 Å². The summed E-state index contributed by atoms with van der Waals surface area (Å²) in [6, 6.07) is 26.4. The van der Waals surface area contributed by atoms with Crippen molar-refractivity contribution in [3.8, 4) is 0 Å². The molecule has 4 nitrogen and oxygen atoms in total. The molecular weight excluding hydrogens is 372 g/mol. The van der Waals surface area contributed by atoms with E-state index < -0.39 is 11.8 Å². The Morgan fingerprint density at radius 2 is 1.27 bits per heavy atom. The minimum Gasteiger partial charge on any atom is -0.297 e. The standard InChI is InChI=1S/C26H22N2O2/c1-17(2)27-28-24-20-15-9-10-16-21(20)25(29)23(24)26(30)22(18-11-5-3-6-12-18)19-13-7-4-8-14-19/h3-16,22-23H,1-2H3/b28-24+. The third kappa shape index (κ3) is 3.64. The van der Waals surface area contributed by atoms with Crippen molar-refractivity contribution in [1.82, 2.24) is 0 Å². The first-order valence-electron chi connectivity index (χ1n) is 9.94. The highest BCUT2D eigenvalue weighted by atomic mass is 16.2. The lowest BCUT2D eigenvalue weighted by Crippen LogP contribution is -2.31. The van der Waals surface area contributed by atoms with E-state index in [4.69, 9.17) is 0 Å². The van der Waals surface area contributed by atoms with Gasteiger partial charge in [0.2, 0.25) is 0 Å². The zero-order valence-electron chi connectivity index (χ0n) is 16.9. The first kappa shape index (κ1) is 19.6. The normalized spacial score (nSPS) is 16.6. The molecular formula is C26H22N2O2. The fourth-order valence-electron chi connectivity index (χ4n) is 3.86. The summed E-state index contributed by atoms with van der Waals surface area (Å²) in [5.41, 5.74) is 4.11. The fourth-order valence-corrected chi connectivity index (χ4v) is 3.86. The highest BCUT2D eigenvalue weighted by Crippen LogP contribution is 2.35. The highest BCUT2D eigenvalue weighted by Gasteiger charge is 2.44. The number of hydrogen-bond donors (Lipinski definition) is 0. The van der Waals surface area contributed by atoms with Gasteiger partial charge in [0.1, 0.15) is 5.92 Å². The lowest BCUT2D eigenvalue weighted by molar-refractivity contribution is -0.120. The van der Waals surface area contributed by atoms with Crippen LogP contribution in [0.25, 0.3) is 0 Å². The van der Waals surface area contributed by atoms with E-state index in [1.807, 2.05) is 86.6 Å². The molecule has 4 rings (SSSR count). The Bertz CT molecular complexity index is 1100. The molecule has 0 aliphatic heterocycles. The summed E-state index contributed by atoms with van der Waals surface area (Å²) in [5, 5.41) is 8.53. The van der Waals surface area contributed by atoms with Crippen LogP contribution in [0.15, 0.2) is 95.1 Å². The molecule has 1 aliphatic rings. The minimum absolute atomic E-state index is 0.184. The molecule has 0 fully saturated rings. The van der Waals surface area contributed by atoms with Crippen LogP contribution in [-0.4, -0.2) is 23.0 Å². The van der Waals surface area contributed by atoms with E-state index in [0.29, 0.717) is 16.8 Å². The van der Waals surface area contributed by atoms with Gasteiger partial charge >= 0.3 is 0 Å². The molecule has 30 heavy (non-hydrogen) atoms. The molecule has 0 aromatic heterocycles. The lowest BCUT2D eigenvalue weighted by Gasteiger charge is -2.20. The molecule has 0 amide bonds. The van der Waals surface area contributed by atoms with Crippen LogP contribution in [0.4, 0.5) is 0 Å². The van der Waals surface area contributed by atoms with Gasteiger partial charge in [0.15, 0.2) is 11.6 Å². The molecule has 3 aromatic rings. The number of carbonyl (C=O) groups excluding carboxylic acids is 2. The van der Waals surface area contributed by atoms with Gasteiger partial charge in [-0.05, 0) is 25.0 Å². The molecule has 0 saturated carbocycles. The number of fused-ring (bicyclic) bond motifs is 1. The van der Waals surface area contributed by atoms with Crippen molar-refractivity contribution in [2.45, 2.75) is 19.8 Å². The molecule has 0 spiro atoms. The Balaban J connectivity index is 1.86. The van der Waals surface area contributed by atoms with E-state index in [9.17, 15) is 9.59 Å². The quantitative estimate of drug-likeness (QED) is 0.344. The monoisotopic (exact) mass is 394 g/mol. The van der Waals surface area contributed by atoms with Gasteiger partial charge in [-0.25, -0.2) is 0 Å². The molecule has 0 radical (unpaired) electrons. The number of rotatable bonds is 5. The van der Waals surface area contributed by atoms with Crippen LogP contribution in [0.5, 0.6) is 0 Å². The van der Waals surface area contributed by atoms with Crippen molar-refractivity contribution in [3.05, 3.63) is 107 Å². The van der Waals surface area contributed by atoms with Gasteiger partial charge in [-0.2, -0.15) is 10.2 Å². The van der Waals surface area contributed by atoms with Crippen LogP contribution >= 0.6 is 0 Å². The zero-order chi connectivity index (χ0) is 21.1. The molecule has 0 bridgehead atoms. The highest BCUT2D eigenvalue weighted by molar-refractivity contribution is 6.38. The first-order valence-corrected chi connectivity index (χ1v) is 9.94. The molecule has 148 valence electrons. The summed E-state index contributed by atoms with van der Waals surface area (Å²) in [6.07, 6.45) is 0. The summed E-state index contributed by atoms with van der Waals surface area (Å²) < 4.78 is 0. The molecule has 0 heterocycles. The average Bonchev–Trinajstić information content (AvgIpc) is 3.06. The average molecular weight is 394 g/mol. The number of hydrogen-bond acceptors (Lipinski definition) is 4. The molecule has 4 heteroatoms. The van der Waals surface area contributed by atoms with Gasteiger partial charge in [0.05, 0.1) is 11.6 Å². The first-order chi connectivity index (χ1) is 14.6. The van der Waals surface area contributed by atoms with E-state index in [1.165, 1.54) is 0 Å². The molecule has 3 aromatic carbocycles. The van der Waals surface area contributed by atoms with Crippen LogP contribution in [0, 0.1) is 5.92 Å². The van der Waals surface area contributed by atoms with Gasteiger partial charge in [-0.1, -0.05) is 84.9 Å². The third-order valence-electron chi connectivity index (χ3n) is 5.20. The number of benzene rings is 3. The second-order valence-electron chi connectivity index (χ2n) is 7.53. The van der Waals surface area contributed by atoms with Crippen molar-refractivity contribution < 1.29 is 9.59 Å². The fraction of sp³-hybridized carbons (Fsp3) is 0.154. The predicted molar refractivity (Wildman–Crippen MR) is 119 cm³/mol. The van der Waals surface area contributed by atoms with Crippen molar-refractivity contribution >= 4 is 23.0 Å². The SMILES string of the molecule is CC(C)=N/N=C1\c2ccccc2C(=O)C1C(=O)C(c1ccccc1)c1ccccc1. The minimum atomic E-state index is -0.976. The topological polar surface area (TPSA) is 58.9 Å². The van der Waals surface area contributed by atoms with E-state index in [-0.39, 0.29) is 11.6 Å². The lowest BCUT2D eigenvalue weighted by atomic mass is 9.80. The van der Waals surface area contributed by atoms with Crippen LogP contribution < -0.4 is 0 Å². The number of Topliss-reactive ketones (excluding diaryl/α,β-unsaturated/α-hetero) is 2. The largest absolute Gasteiger partial charge is 0.297 e. The zero-order valence-corrected chi connectivity index (χ0v) is 16.9. The molecule has 1 aliphatic carbocycles. The predicted octanol–water partition coefficient (Wildman–Crippen LogP) is 5.09. The van der Waals surface area contributed by atoms with E-state index in [2.05, 4.69) is 10.2 Å². The van der Waals surface area contributed by atoms with Crippen LogP contribution in [0.2, 0.25) is 0 Å². The number of ketones is 2. The maximum atomic E-state index is 13.9. The molecule has 1 atom stereocenters. The molecule has 1 unspecified atom stereocenters. The maximum Gasteiger partial charge on any atom is 0.180 e. The molecule has 0 saturated heterocycles. The van der Waals surface area contributed by atoms with Gasteiger partial charge in [-0.15, -0.1) is 0 Å². The summed E-state index contributed by atoms with van der Waals surface area (Å²) in [6.45, 7) is 3.67. The van der Waals surface area contributed by atoms with E-state index >= 15 is 0 Å². The second kappa shape index (κ2) is 8.37. The van der Waals surface area contributed by atoms with Crippen molar-refractivity contribution in [2.75, 3.05) is 0 Å². The number of carbonyl (C=O) groups is 2. The Morgan fingerprint density at radius 3 is 1.80 bits per heavy atom. The molecule has 0 N–H and O–H groups in total. The number of nitrogens with zero attached hydrogens (tertiary/aromatic N) is 2. The van der Waals surface area contributed by atoms with E-state index in [1.54, 1.807) is 12.1 Å². The van der Waals surface area contributed by atoms with Gasteiger partial charge in [0, 0.05) is 16.8 Å². The Kier molecular flexibility index (Phi) is 5.48. The van der Waals surface area contributed by atoms with Gasteiger partial charge in [-0.3, -0.25) is 9.59 Å². The Hall–Kier alpha value is -3.66. The summed E-state index contributed by atoms with van der Waals surface area (Å²) in [5.74, 6) is -1.94. The van der Waals surface area contributed by atoms with Crippen LogP contribution in [-0.2, 0) is 4.79 Å². The Labute approximate surface area is 176 Å². The summed E-state index contributed by atoms with van der Waals surface area (Å²) in [4.78, 5) is 27.2. The van der Waals surface area contributed by atoms with Crippen LogP contribution in [0.1, 0.15) is 46.8 Å². The summed E-state index contributed by atoms with van der Waals surface area (Å²) in [7, 11) is 0. The third-order valence-corrected chi connectivity index (χ3v) is 5.20. The van der Waals surface area contributed by atoms with Gasteiger partial charge < -0.3 is 0 Å². The maximum absolute atomic E-state index is 13.9. The smallest absolute Gasteiger partial charge is 0.180 e. The van der Waals surface area contributed by atoms with Gasteiger partial charge in [0.25, 0.3) is 0 Å².